The van der Waals surface area contributed by atoms with Gasteiger partial charge in [0, 0.05) is 6.07 Å². The average Bonchev–Trinajstić information content (AvgIpc) is 2.31. The largest absolute Gasteiger partial charge is 0.457 e. The number of hydrogen-bond donors (Lipinski definition) is 1. The van der Waals surface area contributed by atoms with Gasteiger partial charge in [-0.2, -0.15) is 0 Å². The van der Waals surface area contributed by atoms with Crippen LogP contribution in [0.1, 0.15) is 0 Å². The predicted octanol–water partition coefficient (Wildman–Crippen LogP) is 1.85. The molecule has 0 spiro atoms. The van der Waals surface area contributed by atoms with Gasteiger partial charge in [0.05, 0.1) is 0 Å². The van der Waals surface area contributed by atoms with Gasteiger partial charge in [-0.15, -0.1) is 0 Å². The van der Waals surface area contributed by atoms with Crippen molar-refractivity contribution < 1.29 is 14.2 Å². The standard InChI is InChI=1S/C12H9BFO2/c14-12-8-10(6-7-11(12)13-15)16-9-4-2-1-3-5-9/h1-8,15H. The number of hydrogen-bond acceptors (Lipinski definition) is 2. The molecule has 0 aliphatic carbocycles. The molecule has 0 aliphatic rings. The molecular weight excluding hydrogens is 206 g/mol. The molecule has 0 bridgehead atoms. The number of benzene rings is 2. The molecule has 4 heteroatoms. The highest BCUT2D eigenvalue weighted by molar-refractivity contribution is 6.45. The zero-order valence-corrected chi connectivity index (χ0v) is 8.43. The monoisotopic (exact) mass is 215 g/mol. The van der Waals surface area contributed by atoms with Gasteiger partial charge in [0.1, 0.15) is 17.3 Å². The first-order chi connectivity index (χ1) is 7.79. The van der Waals surface area contributed by atoms with E-state index in [9.17, 15) is 4.39 Å². The molecule has 0 unspecified atom stereocenters. The summed E-state index contributed by atoms with van der Waals surface area (Å²) in [5.74, 6) is 0.521. The molecule has 0 heterocycles. The molecule has 1 radical (unpaired) electrons. The maximum Gasteiger partial charge on any atom is 0.329 e. The Morgan fingerprint density at radius 1 is 1.00 bits per heavy atom. The quantitative estimate of drug-likeness (QED) is 0.791. The van der Waals surface area contributed by atoms with E-state index in [1.807, 2.05) is 18.2 Å². The fraction of sp³-hybridized carbons (Fsp3) is 0. The summed E-state index contributed by atoms with van der Waals surface area (Å²) in [5.41, 5.74) is 0.139. The molecule has 0 amide bonds. The second-order valence-electron chi connectivity index (χ2n) is 3.23. The molecule has 1 N–H and O–H groups in total. The van der Waals surface area contributed by atoms with E-state index in [2.05, 4.69) is 0 Å². The lowest BCUT2D eigenvalue weighted by Gasteiger charge is -2.06. The molecule has 0 saturated heterocycles. The molecule has 0 fully saturated rings. The minimum Gasteiger partial charge on any atom is -0.457 e. The summed E-state index contributed by atoms with van der Waals surface area (Å²) in [7, 11) is 0.724. The fourth-order valence-corrected chi connectivity index (χ4v) is 1.30. The molecule has 79 valence electrons. The van der Waals surface area contributed by atoms with Crippen LogP contribution in [-0.4, -0.2) is 12.5 Å². The summed E-state index contributed by atoms with van der Waals surface area (Å²) in [6, 6.07) is 13.4. The Hall–Kier alpha value is -1.81. The highest BCUT2D eigenvalue weighted by atomic mass is 19.1. The Balaban J connectivity index is 2.20. The van der Waals surface area contributed by atoms with Crippen molar-refractivity contribution in [2.24, 2.45) is 0 Å². The van der Waals surface area contributed by atoms with Gasteiger partial charge in [-0.3, -0.25) is 0 Å². The van der Waals surface area contributed by atoms with Crippen molar-refractivity contribution in [1.29, 1.82) is 0 Å². The van der Waals surface area contributed by atoms with Crippen LogP contribution >= 0.6 is 0 Å². The van der Waals surface area contributed by atoms with Crippen molar-refractivity contribution in [2.45, 2.75) is 0 Å². The number of para-hydroxylation sites is 1. The second kappa shape index (κ2) is 4.81. The van der Waals surface area contributed by atoms with Crippen LogP contribution in [0.2, 0.25) is 0 Å². The summed E-state index contributed by atoms with van der Waals surface area (Å²) < 4.78 is 18.7. The van der Waals surface area contributed by atoms with E-state index in [0.717, 1.165) is 7.48 Å². The third-order valence-corrected chi connectivity index (χ3v) is 2.09. The lowest BCUT2D eigenvalue weighted by Crippen LogP contribution is -2.17. The Kier molecular flexibility index (Phi) is 3.22. The molecule has 0 aromatic heterocycles. The van der Waals surface area contributed by atoms with Gasteiger partial charge in [0.25, 0.3) is 0 Å². The first-order valence-electron chi connectivity index (χ1n) is 4.79. The number of rotatable bonds is 3. The zero-order valence-electron chi connectivity index (χ0n) is 8.43. The molecular formula is C12H9BFO2. The minimum atomic E-state index is -0.518. The molecule has 2 rings (SSSR count). The van der Waals surface area contributed by atoms with E-state index in [1.54, 1.807) is 18.2 Å². The minimum absolute atomic E-state index is 0.139. The van der Waals surface area contributed by atoms with Crippen molar-refractivity contribution in [1.82, 2.24) is 0 Å². The lowest BCUT2D eigenvalue weighted by molar-refractivity contribution is 0.477. The van der Waals surface area contributed by atoms with Crippen LogP contribution in [0.15, 0.2) is 48.5 Å². The maximum absolute atomic E-state index is 13.3. The molecule has 2 aromatic carbocycles. The first kappa shape index (κ1) is 10.7. The SMILES string of the molecule is O[B]c1ccc(Oc2ccccc2)cc1F. The van der Waals surface area contributed by atoms with E-state index in [-0.39, 0.29) is 5.46 Å². The van der Waals surface area contributed by atoms with Crippen LogP contribution in [0.5, 0.6) is 11.5 Å². The van der Waals surface area contributed by atoms with Crippen LogP contribution < -0.4 is 10.2 Å². The van der Waals surface area contributed by atoms with Crippen LogP contribution in [-0.2, 0) is 0 Å². The van der Waals surface area contributed by atoms with Crippen molar-refractivity contribution in [2.75, 3.05) is 0 Å². The zero-order chi connectivity index (χ0) is 11.4. The highest BCUT2D eigenvalue weighted by Gasteiger charge is 2.05. The van der Waals surface area contributed by atoms with Crippen LogP contribution in [0.25, 0.3) is 0 Å². The van der Waals surface area contributed by atoms with Gasteiger partial charge >= 0.3 is 7.48 Å². The summed E-state index contributed by atoms with van der Waals surface area (Å²) in [5, 5.41) is 8.69. The van der Waals surface area contributed by atoms with Crippen molar-refractivity contribution in [3.63, 3.8) is 0 Å². The average molecular weight is 215 g/mol. The molecule has 0 atom stereocenters. The maximum atomic E-state index is 13.3. The Morgan fingerprint density at radius 3 is 2.38 bits per heavy atom. The van der Waals surface area contributed by atoms with Gasteiger partial charge < -0.3 is 9.76 Å². The number of ether oxygens (including phenoxy) is 1. The van der Waals surface area contributed by atoms with E-state index < -0.39 is 5.82 Å². The van der Waals surface area contributed by atoms with E-state index in [1.165, 1.54) is 12.1 Å². The predicted molar refractivity (Wildman–Crippen MR) is 60.5 cm³/mol. The highest BCUT2D eigenvalue weighted by Crippen LogP contribution is 2.20. The van der Waals surface area contributed by atoms with Crippen LogP contribution in [0.3, 0.4) is 0 Å². The molecule has 0 aliphatic heterocycles. The summed E-state index contributed by atoms with van der Waals surface area (Å²) in [6.07, 6.45) is 0. The van der Waals surface area contributed by atoms with Crippen LogP contribution in [0, 0.1) is 5.82 Å². The van der Waals surface area contributed by atoms with E-state index in [4.69, 9.17) is 9.76 Å². The van der Waals surface area contributed by atoms with Crippen LogP contribution in [0.4, 0.5) is 4.39 Å². The summed E-state index contributed by atoms with van der Waals surface area (Å²) in [4.78, 5) is 0. The van der Waals surface area contributed by atoms with Gasteiger partial charge in [0.15, 0.2) is 0 Å². The Morgan fingerprint density at radius 2 is 1.75 bits per heavy atom. The molecule has 2 nitrogen and oxygen atoms in total. The lowest BCUT2D eigenvalue weighted by atomic mass is 9.88. The molecule has 16 heavy (non-hydrogen) atoms. The third kappa shape index (κ3) is 2.41. The smallest absolute Gasteiger partial charge is 0.329 e. The van der Waals surface area contributed by atoms with Gasteiger partial charge in [0.2, 0.25) is 0 Å². The topological polar surface area (TPSA) is 29.5 Å². The molecule has 0 saturated carbocycles. The van der Waals surface area contributed by atoms with E-state index >= 15 is 0 Å². The van der Waals surface area contributed by atoms with Crippen molar-refractivity contribution in [3.8, 4) is 11.5 Å². The third-order valence-electron chi connectivity index (χ3n) is 2.09. The van der Waals surface area contributed by atoms with E-state index in [0.29, 0.717) is 11.5 Å². The Bertz CT molecular complexity index is 474. The van der Waals surface area contributed by atoms with Crippen molar-refractivity contribution in [3.05, 3.63) is 54.3 Å². The second-order valence-corrected chi connectivity index (χ2v) is 3.23. The normalized spacial score (nSPS) is 9.88. The molecule has 2 aromatic rings. The summed E-state index contributed by atoms with van der Waals surface area (Å²) >= 11 is 0. The van der Waals surface area contributed by atoms with Crippen molar-refractivity contribution >= 4 is 12.9 Å². The first-order valence-corrected chi connectivity index (χ1v) is 4.79. The van der Waals surface area contributed by atoms with Gasteiger partial charge in [-0.25, -0.2) is 4.39 Å². The van der Waals surface area contributed by atoms with Gasteiger partial charge in [-0.1, -0.05) is 24.3 Å². The summed E-state index contributed by atoms with van der Waals surface area (Å²) in [6.45, 7) is 0. The number of halogens is 1. The van der Waals surface area contributed by atoms with Gasteiger partial charge in [-0.05, 0) is 23.7 Å². The fourth-order valence-electron chi connectivity index (χ4n) is 1.30. The Labute approximate surface area is 93.6 Å².